The number of halogens is 2. The fourth-order valence-electron chi connectivity index (χ4n) is 2.42. The van der Waals surface area contributed by atoms with E-state index in [1.165, 1.54) is 12.1 Å². The number of carbonyl (C=O) groups excluding carboxylic acids is 1. The molecule has 2 N–H and O–H groups in total. The van der Waals surface area contributed by atoms with Crippen molar-refractivity contribution in [2.24, 2.45) is 11.8 Å². The Kier molecular flexibility index (Phi) is 7.26. The fourth-order valence-corrected chi connectivity index (χ4v) is 2.42. The molecular formula is C16H24ClFN2O2. The van der Waals surface area contributed by atoms with Crippen molar-refractivity contribution in [3.05, 3.63) is 35.6 Å². The van der Waals surface area contributed by atoms with Crippen LogP contribution in [0.4, 0.5) is 4.39 Å². The maximum atomic E-state index is 12.9. The van der Waals surface area contributed by atoms with Crippen LogP contribution in [-0.2, 0) is 4.79 Å². The van der Waals surface area contributed by atoms with E-state index < -0.39 is 6.10 Å². The zero-order chi connectivity index (χ0) is 15.4. The van der Waals surface area contributed by atoms with Gasteiger partial charge >= 0.3 is 0 Å². The minimum absolute atomic E-state index is 0. The first-order valence-corrected chi connectivity index (χ1v) is 7.40. The van der Waals surface area contributed by atoms with Gasteiger partial charge in [-0.1, -0.05) is 26.0 Å². The lowest BCUT2D eigenvalue weighted by atomic mass is 10.00. The van der Waals surface area contributed by atoms with Gasteiger partial charge in [-0.15, -0.1) is 12.4 Å². The molecule has 1 heterocycles. The predicted octanol–water partition coefficient (Wildman–Crippen LogP) is 1.98. The molecule has 22 heavy (non-hydrogen) atoms. The average Bonchev–Trinajstić information content (AvgIpc) is 2.36. The zero-order valence-electron chi connectivity index (χ0n) is 13.0. The Labute approximate surface area is 137 Å². The monoisotopic (exact) mass is 330 g/mol. The summed E-state index contributed by atoms with van der Waals surface area (Å²) in [7, 11) is 0. The van der Waals surface area contributed by atoms with Crippen LogP contribution in [0, 0.1) is 17.7 Å². The van der Waals surface area contributed by atoms with Crippen LogP contribution in [0.25, 0.3) is 0 Å². The van der Waals surface area contributed by atoms with Crippen molar-refractivity contribution in [2.75, 3.05) is 26.2 Å². The number of nitrogens with one attached hydrogen (secondary N) is 1. The Morgan fingerprint density at radius 3 is 2.36 bits per heavy atom. The Balaban J connectivity index is 0.00000242. The second kappa shape index (κ2) is 8.46. The van der Waals surface area contributed by atoms with Crippen LogP contribution in [-0.4, -0.2) is 42.1 Å². The first kappa shape index (κ1) is 18.9. The van der Waals surface area contributed by atoms with Crippen molar-refractivity contribution in [1.29, 1.82) is 0 Å². The van der Waals surface area contributed by atoms with Crippen molar-refractivity contribution >= 4 is 18.3 Å². The highest BCUT2D eigenvalue weighted by Gasteiger charge is 2.30. The van der Waals surface area contributed by atoms with Crippen LogP contribution in [0.1, 0.15) is 25.5 Å². The minimum atomic E-state index is -0.790. The van der Waals surface area contributed by atoms with E-state index in [0.29, 0.717) is 31.1 Å². The highest BCUT2D eigenvalue weighted by atomic mass is 35.5. The smallest absolute Gasteiger partial charge is 0.228 e. The number of amides is 1. The van der Waals surface area contributed by atoms with E-state index in [0.717, 1.165) is 0 Å². The number of aliphatic hydroxyl groups is 1. The summed E-state index contributed by atoms with van der Waals surface area (Å²) in [5.41, 5.74) is 0.629. The molecule has 0 spiro atoms. The van der Waals surface area contributed by atoms with E-state index >= 15 is 0 Å². The standard InChI is InChI=1S/C16H23FN2O2.ClH/c1-11(2)9-19(16(21)13-7-18-8-13)10-15(20)12-3-5-14(17)6-4-12;/h3-6,11,13,15,18,20H,7-10H2,1-2H3;1H. The maximum Gasteiger partial charge on any atom is 0.228 e. The summed E-state index contributed by atoms with van der Waals surface area (Å²) in [6.45, 7) is 6.38. The summed E-state index contributed by atoms with van der Waals surface area (Å²) in [4.78, 5) is 14.1. The molecule has 1 aliphatic rings. The lowest BCUT2D eigenvalue weighted by Gasteiger charge is -2.34. The largest absolute Gasteiger partial charge is 0.387 e. The molecule has 1 aromatic rings. The molecule has 1 fully saturated rings. The quantitative estimate of drug-likeness (QED) is 0.838. The van der Waals surface area contributed by atoms with Gasteiger partial charge in [-0.3, -0.25) is 4.79 Å². The molecule has 0 saturated carbocycles. The van der Waals surface area contributed by atoms with Crippen LogP contribution >= 0.6 is 12.4 Å². The highest BCUT2D eigenvalue weighted by Crippen LogP contribution is 2.18. The third-order valence-corrected chi connectivity index (χ3v) is 3.68. The Bertz CT molecular complexity index is 478. The number of carbonyl (C=O) groups is 1. The van der Waals surface area contributed by atoms with Crippen LogP contribution in [0.5, 0.6) is 0 Å². The molecule has 0 radical (unpaired) electrons. The summed E-state index contributed by atoms with van der Waals surface area (Å²) in [5.74, 6) is 0.108. The van der Waals surface area contributed by atoms with E-state index in [-0.39, 0.29) is 36.6 Å². The van der Waals surface area contributed by atoms with Gasteiger partial charge in [0, 0.05) is 19.6 Å². The molecule has 0 aliphatic carbocycles. The summed E-state index contributed by atoms with van der Waals surface area (Å²) < 4.78 is 12.9. The van der Waals surface area contributed by atoms with E-state index in [9.17, 15) is 14.3 Å². The molecule has 0 aromatic heterocycles. The van der Waals surface area contributed by atoms with Gasteiger partial charge in [0.15, 0.2) is 0 Å². The Morgan fingerprint density at radius 2 is 1.91 bits per heavy atom. The van der Waals surface area contributed by atoms with Gasteiger partial charge in [-0.25, -0.2) is 4.39 Å². The van der Waals surface area contributed by atoms with Crippen molar-refractivity contribution < 1.29 is 14.3 Å². The number of aliphatic hydroxyl groups excluding tert-OH is 1. The lowest BCUT2D eigenvalue weighted by Crippen LogP contribution is -2.53. The molecule has 1 amide bonds. The SMILES string of the molecule is CC(C)CN(CC(O)c1ccc(F)cc1)C(=O)C1CNC1.Cl. The molecule has 1 saturated heterocycles. The molecule has 1 unspecified atom stereocenters. The van der Waals surface area contributed by atoms with Gasteiger partial charge in [-0.2, -0.15) is 0 Å². The third kappa shape index (κ3) is 4.93. The second-order valence-electron chi connectivity index (χ2n) is 6.06. The van der Waals surface area contributed by atoms with E-state index in [2.05, 4.69) is 5.32 Å². The van der Waals surface area contributed by atoms with Crippen LogP contribution in [0.15, 0.2) is 24.3 Å². The van der Waals surface area contributed by atoms with E-state index in [4.69, 9.17) is 0 Å². The average molecular weight is 331 g/mol. The summed E-state index contributed by atoms with van der Waals surface area (Å²) >= 11 is 0. The fraction of sp³-hybridized carbons (Fsp3) is 0.562. The molecule has 124 valence electrons. The second-order valence-corrected chi connectivity index (χ2v) is 6.06. The normalized spacial score (nSPS) is 15.9. The molecule has 1 aromatic carbocycles. The summed E-state index contributed by atoms with van der Waals surface area (Å²) in [5, 5.41) is 13.4. The molecule has 0 bridgehead atoms. The van der Waals surface area contributed by atoms with Crippen molar-refractivity contribution in [2.45, 2.75) is 20.0 Å². The van der Waals surface area contributed by atoms with Gasteiger partial charge in [0.1, 0.15) is 5.82 Å². The van der Waals surface area contributed by atoms with Crippen LogP contribution in [0.3, 0.4) is 0 Å². The zero-order valence-corrected chi connectivity index (χ0v) is 13.8. The first-order valence-electron chi connectivity index (χ1n) is 7.40. The number of hydrogen-bond acceptors (Lipinski definition) is 3. The van der Waals surface area contributed by atoms with Crippen LogP contribution < -0.4 is 5.32 Å². The molecule has 1 atom stereocenters. The molecule has 1 aliphatic heterocycles. The molecular weight excluding hydrogens is 307 g/mol. The Hall–Kier alpha value is -1.17. The van der Waals surface area contributed by atoms with Gasteiger partial charge in [-0.05, 0) is 23.6 Å². The number of hydrogen-bond donors (Lipinski definition) is 2. The number of nitrogens with zero attached hydrogens (tertiary/aromatic N) is 1. The van der Waals surface area contributed by atoms with Gasteiger partial charge < -0.3 is 15.3 Å². The lowest BCUT2D eigenvalue weighted by molar-refractivity contribution is -0.139. The van der Waals surface area contributed by atoms with E-state index in [1.807, 2.05) is 13.8 Å². The predicted molar refractivity (Wildman–Crippen MR) is 86.4 cm³/mol. The molecule has 2 rings (SSSR count). The van der Waals surface area contributed by atoms with Crippen molar-refractivity contribution in [3.63, 3.8) is 0 Å². The summed E-state index contributed by atoms with van der Waals surface area (Å²) in [6, 6.07) is 5.76. The molecule has 4 nitrogen and oxygen atoms in total. The van der Waals surface area contributed by atoms with Gasteiger partial charge in [0.2, 0.25) is 5.91 Å². The van der Waals surface area contributed by atoms with Crippen molar-refractivity contribution in [3.8, 4) is 0 Å². The van der Waals surface area contributed by atoms with Crippen molar-refractivity contribution in [1.82, 2.24) is 10.2 Å². The Morgan fingerprint density at radius 1 is 1.32 bits per heavy atom. The molecule has 6 heteroatoms. The van der Waals surface area contributed by atoms with Crippen LogP contribution in [0.2, 0.25) is 0 Å². The minimum Gasteiger partial charge on any atom is -0.387 e. The number of rotatable bonds is 6. The highest BCUT2D eigenvalue weighted by molar-refractivity contribution is 5.85. The topological polar surface area (TPSA) is 52.6 Å². The van der Waals surface area contributed by atoms with Gasteiger partial charge in [0.05, 0.1) is 18.6 Å². The summed E-state index contributed by atoms with van der Waals surface area (Å²) in [6.07, 6.45) is -0.790. The third-order valence-electron chi connectivity index (χ3n) is 3.68. The van der Waals surface area contributed by atoms with E-state index in [1.54, 1.807) is 17.0 Å². The number of benzene rings is 1. The van der Waals surface area contributed by atoms with Gasteiger partial charge in [0.25, 0.3) is 0 Å². The first-order chi connectivity index (χ1) is 9.97. The maximum absolute atomic E-state index is 12.9.